The molecule has 7 nitrogen and oxygen atoms in total. The lowest BCUT2D eigenvalue weighted by Gasteiger charge is -2.11. The first kappa shape index (κ1) is 18.4. The summed E-state index contributed by atoms with van der Waals surface area (Å²) < 4.78 is 16.4. The first-order valence-corrected chi connectivity index (χ1v) is 8.53. The topological polar surface area (TPSA) is 79.0 Å². The second kappa shape index (κ2) is 8.84. The van der Waals surface area contributed by atoms with Crippen molar-refractivity contribution in [3.63, 3.8) is 0 Å². The Morgan fingerprint density at radius 3 is 2.59 bits per heavy atom. The minimum Gasteiger partial charge on any atom is -0.497 e. The first-order chi connectivity index (χ1) is 13.2. The van der Waals surface area contributed by atoms with Gasteiger partial charge >= 0.3 is 0 Å². The van der Waals surface area contributed by atoms with E-state index in [4.69, 9.17) is 18.7 Å². The summed E-state index contributed by atoms with van der Waals surface area (Å²) in [6.07, 6.45) is 1.67. The largest absolute Gasteiger partial charge is 0.497 e. The normalized spacial score (nSPS) is 11.1. The van der Waals surface area contributed by atoms with E-state index in [9.17, 15) is 0 Å². The van der Waals surface area contributed by atoms with Gasteiger partial charge in [-0.2, -0.15) is 0 Å². The fourth-order valence-electron chi connectivity index (χ4n) is 2.30. The molecule has 0 N–H and O–H groups in total. The average Bonchev–Trinajstić information content (AvgIpc) is 3.15. The number of ether oxygens (including phenoxy) is 2. The summed E-state index contributed by atoms with van der Waals surface area (Å²) in [4.78, 5) is 5.27. The smallest absolute Gasteiger partial charge is 0.257 e. The zero-order valence-electron chi connectivity index (χ0n) is 15.5. The number of hydrogen-bond acceptors (Lipinski definition) is 7. The summed E-state index contributed by atoms with van der Waals surface area (Å²) in [5, 5.41) is 11.9. The third-order valence-corrected chi connectivity index (χ3v) is 3.54. The molecule has 7 heteroatoms. The molecular formula is C20H21N3O4. The third-order valence-electron chi connectivity index (χ3n) is 3.54. The van der Waals surface area contributed by atoms with Crippen LogP contribution in [0.3, 0.4) is 0 Å². The molecule has 0 saturated heterocycles. The van der Waals surface area contributed by atoms with Crippen molar-refractivity contribution < 1.29 is 18.7 Å². The van der Waals surface area contributed by atoms with Crippen molar-refractivity contribution in [1.29, 1.82) is 0 Å². The minimum absolute atomic E-state index is 0.0762. The van der Waals surface area contributed by atoms with Crippen molar-refractivity contribution >= 4 is 6.21 Å². The predicted octanol–water partition coefficient (Wildman–Crippen LogP) is 4.08. The van der Waals surface area contributed by atoms with Crippen molar-refractivity contribution in [2.24, 2.45) is 5.16 Å². The van der Waals surface area contributed by atoms with Crippen molar-refractivity contribution in [3.8, 4) is 23.0 Å². The number of para-hydroxylation sites is 1. The summed E-state index contributed by atoms with van der Waals surface area (Å²) in [6, 6.07) is 15.0. The van der Waals surface area contributed by atoms with E-state index in [1.54, 1.807) is 13.3 Å². The molecule has 27 heavy (non-hydrogen) atoms. The number of benzene rings is 2. The maximum Gasteiger partial charge on any atom is 0.257 e. The predicted molar refractivity (Wildman–Crippen MR) is 101 cm³/mol. The minimum atomic E-state index is 0.0762. The van der Waals surface area contributed by atoms with Gasteiger partial charge in [0.2, 0.25) is 5.89 Å². The highest BCUT2D eigenvalue weighted by Crippen LogP contribution is 2.21. The van der Waals surface area contributed by atoms with Crippen LogP contribution in [0, 0.1) is 0 Å². The van der Waals surface area contributed by atoms with Crippen LogP contribution in [0.1, 0.15) is 25.3 Å². The van der Waals surface area contributed by atoms with Crippen molar-refractivity contribution in [3.05, 3.63) is 60.0 Å². The summed E-state index contributed by atoms with van der Waals surface area (Å²) in [5.41, 5.74) is 1.63. The molecule has 0 saturated carbocycles. The highest BCUT2D eigenvalue weighted by molar-refractivity contribution is 5.83. The van der Waals surface area contributed by atoms with Crippen LogP contribution in [0.2, 0.25) is 0 Å². The van der Waals surface area contributed by atoms with Gasteiger partial charge in [0, 0.05) is 11.1 Å². The third kappa shape index (κ3) is 5.07. The van der Waals surface area contributed by atoms with Crippen LogP contribution in [0.5, 0.6) is 11.5 Å². The van der Waals surface area contributed by atoms with Gasteiger partial charge in [-0.3, -0.25) is 0 Å². The Hall–Kier alpha value is -3.35. The summed E-state index contributed by atoms with van der Waals surface area (Å²) >= 11 is 0. The molecule has 0 amide bonds. The van der Waals surface area contributed by atoms with Gasteiger partial charge in [0.05, 0.1) is 19.4 Å². The Bertz CT molecular complexity index is 888. The molecule has 2 aromatic carbocycles. The molecule has 0 spiro atoms. The molecule has 3 rings (SSSR count). The van der Waals surface area contributed by atoms with Crippen LogP contribution in [0.4, 0.5) is 0 Å². The van der Waals surface area contributed by atoms with Crippen molar-refractivity contribution in [2.75, 3.05) is 7.11 Å². The molecule has 1 aromatic heterocycles. The van der Waals surface area contributed by atoms with E-state index in [1.165, 1.54) is 0 Å². The zero-order chi connectivity index (χ0) is 19.1. The van der Waals surface area contributed by atoms with E-state index >= 15 is 0 Å². The lowest BCUT2D eigenvalue weighted by Crippen LogP contribution is -2.07. The SMILES string of the molecule is COc1ccc(-c2nnc(CON=Cc3ccccc3OC(C)C)o2)cc1. The van der Waals surface area contributed by atoms with E-state index in [0.717, 1.165) is 22.6 Å². The molecule has 1 heterocycles. The molecule has 0 atom stereocenters. The van der Waals surface area contributed by atoms with E-state index < -0.39 is 0 Å². The van der Waals surface area contributed by atoms with Gasteiger partial charge in [-0.1, -0.05) is 17.3 Å². The Morgan fingerprint density at radius 1 is 1.07 bits per heavy atom. The molecule has 0 bridgehead atoms. The summed E-state index contributed by atoms with van der Waals surface area (Å²) in [7, 11) is 1.62. The van der Waals surface area contributed by atoms with E-state index in [0.29, 0.717) is 11.8 Å². The number of methoxy groups -OCH3 is 1. The van der Waals surface area contributed by atoms with Gasteiger partial charge in [0.25, 0.3) is 5.89 Å². The van der Waals surface area contributed by atoms with E-state index in [-0.39, 0.29) is 12.7 Å². The second-order valence-corrected chi connectivity index (χ2v) is 5.94. The van der Waals surface area contributed by atoms with Gasteiger partial charge in [-0.15, -0.1) is 10.2 Å². The molecule has 0 unspecified atom stereocenters. The first-order valence-electron chi connectivity index (χ1n) is 8.53. The lowest BCUT2D eigenvalue weighted by atomic mass is 10.2. The van der Waals surface area contributed by atoms with Crippen LogP contribution in [-0.2, 0) is 11.4 Å². The van der Waals surface area contributed by atoms with Crippen LogP contribution in [-0.4, -0.2) is 29.6 Å². The number of hydrogen-bond donors (Lipinski definition) is 0. The highest BCUT2D eigenvalue weighted by atomic mass is 16.6. The molecule has 0 aliphatic carbocycles. The van der Waals surface area contributed by atoms with Gasteiger partial charge in [0.15, 0.2) is 6.61 Å². The second-order valence-electron chi connectivity index (χ2n) is 5.94. The highest BCUT2D eigenvalue weighted by Gasteiger charge is 2.09. The maximum atomic E-state index is 5.73. The molecule has 0 radical (unpaired) electrons. The number of oxime groups is 1. The lowest BCUT2D eigenvalue weighted by molar-refractivity contribution is 0.112. The van der Waals surface area contributed by atoms with E-state index in [1.807, 2.05) is 62.4 Å². The van der Waals surface area contributed by atoms with Crippen LogP contribution in [0.15, 0.2) is 58.1 Å². The van der Waals surface area contributed by atoms with E-state index in [2.05, 4.69) is 15.4 Å². The van der Waals surface area contributed by atoms with Crippen LogP contribution in [0.25, 0.3) is 11.5 Å². The molecule has 0 aliphatic heterocycles. The summed E-state index contributed by atoms with van der Waals surface area (Å²) in [6.45, 7) is 4.02. The molecule has 0 aliphatic rings. The fourth-order valence-corrected chi connectivity index (χ4v) is 2.30. The zero-order valence-corrected chi connectivity index (χ0v) is 15.5. The maximum absolute atomic E-state index is 5.73. The number of nitrogens with zero attached hydrogens (tertiary/aromatic N) is 3. The quantitative estimate of drug-likeness (QED) is 0.441. The van der Waals surface area contributed by atoms with Crippen LogP contribution < -0.4 is 9.47 Å². The average molecular weight is 367 g/mol. The van der Waals surface area contributed by atoms with Crippen molar-refractivity contribution in [2.45, 2.75) is 26.6 Å². The van der Waals surface area contributed by atoms with Gasteiger partial charge in [-0.05, 0) is 50.2 Å². The number of rotatable bonds is 8. The molecule has 3 aromatic rings. The fraction of sp³-hybridized carbons (Fsp3) is 0.250. The van der Waals surface area contributed by atoms with Gasteiger partial charge < -0.3 is 18.7 Å². The monoisotopic (exact) mass is 367 g/mol. The molecular weight excluding hydrogens is 346 g/mol. The van der Waals surface area contributed by atoms with Crippen LogP contribution >= 0.6 is 0 Å². The Kier molecular flexibility index (Phi) is 6.04. The van der Waals surface area contributed by atoms with Crippen molar-refractivity contribution in [1.82, 2.24) is 10.2 Å². The summed E-state index contributed by atoms with van der Waals surface area (Å²) in [5.74, 6) is 2.26. The molecule has 0 fully saturated rings. The Balaban J connectivity index is 1.58. The molecule has 140 valence electrons. The Morgan fingerprint density at radius 2 is 1.85 bits per heavy atom. The van der Waals surface area contributed by atoms with Gasteiger partial charge in [0.1, 0.15) is 11.5 Å². The van der Waals surface area contributed by atoms with Gasteiger partial charge in [-0.25, -0.2) is 0 Å². The Labute approximate surface area is 157 Å². The number of aromatic nitrogens is 2. The standard InChI is InChI=1S/C20H21N3O4/c1-14(2)26-18-7-5-4-6-16(18)12-21-25-13-19-22-23-20(27-19)15-8-10-17(24-3)11-9-15/h4-12,14H,13H2,1-3H3.